The van der Waals surface area contributed by atoms with Gasteiger partial charge in [-0.15, -0.1) is 0 Å². The van der Waals surface area contributed by atoms with Gasteiger partial charge in [0.15, 0.2) is 0 Å². The van der Waals surface area contributed by atoms with Crippen molar-refractivity contribution in [3.05, 3.63) is 64.7 Å². The van der Waals surface area contributed by atoms with E-state index in [1.165, 1.54) is 12.1 Å². The fraction of sp³-hybridized carbons (Fsp3) is 0.312. The lowest BCUT2D eigenvalue weighted by Gasteiger charge is -2.30. The molecule has 3 nitrogen and oxygen atoms in total. The first-order chi connectivity index (χ1) is 10.1. The van der Waals surface area contributed by atoms with Gasteiger partial charge in [0.05, 0.1) is 5.69 Å². The smallest absolute Gasteiger partial charge is 0.125 e. The molecule has 0 amide bonds. The average Bonchev–Trinajstić information content (AvgIpc) is 2.47. The highest BCUT2D eigenvalue weighted by atomic mass is 35.5. The van der Waals surface area contributed by atoms with Crippen LogP contribution in [0.4, 0.5) is 4.39 Å². The first-order valence-corrected chi connectivity index (χ1v) is 7.31. The molecule has 0 aliphatic heterocycles. The lowest BCUT2D eigenvalue weighted by molar-refractivity contribution is 0.200. The van der Waals surface area contributed by atoms with Crippen LogP contribution in [0.25, 0.3) is 0 Å². The summed E-state index contributed by atoms with van der Waals surface area (Å²) in [5.74, 6) is -0.343. The van der Waals surface area contributed by atoms with Crippen molar-refractivity contribution in [1.29, 1.82) is 0 Å². The lowest BCUT2D eigenvalue weighted by atomic mass is 10.0. The van der Waals surface area contributed by atoms with Crippen LogP contribution in [0.3, 0.4) is 0 Å². The van der Waals surface area contributed by atoms with Crippen molar-refractivity contribution < 1.29 is 4.39 Å². The molecule has 0 aliphatic rings. The first-order valence-electron chi connectivity index (χ1n) is 6.94. The molecular weight excluding hydrogens is 289 g/mol. The molecule has 1 aromatic heterocycles. The molecule has 21 heavy (non-hydrogen) atoms. The van der Waals surface area contributed by atoms with Crippen LogP contribution in [-0.4, -0.2) is 23.0 Å². The lowest BCUT2D eigenvalue weighted by Crippen LogP contribution is -2.33. The molecule has 0 saturated heterocycles. The number of rotatable bonds is 6. The topological polar surface area (TPSA) is 42.2 Å². The average molecular weight is 308 g/mol. The Kier molecular flexibility index (Phi) is 5.67. The summed E-state index contributed by atoms with van der Waals surface area (Å²) in [5.41, 5.74) is 7.66. The van der Waals surface area contributed by atoms with Crippen LogP contribution in [0, 0.1) is 5.82 Å². The molecular formula is C16H19ClFN3. The molecule has 0 aliphatic carbocycles. The summed E-state index contributed by atoms with van der Waals surface area (Å²) < 4.78 is 13.6. The van der Waals surface area contributed by atoms with Gasteiger partial charge in [0.2, 0.25) is 0 Å². The van der Waals surface area contributed by atoms with E-state index in [9.17, 15) is 4.39 Å². The van der Waals surface area contributed by atoms with Gasteiger partial charge in [0.25, 0.3) is 0 Å². The number of likely N-dealkylation sites (N-methyl/N-ethyl adjacent to an activating group) is 1. The molecule has 2 rings (SSSR count). The highest BCUT2D eigenvalue weighted by Crippen LogP contribution is 2.25. The fourth-order valence-electron chi connectivity index (χ4n) is 2.41. The summed E-state index contributed by atoms with van der Waals surface area (Å²) in [6.45, 7) is 3.88. The van der Waals surface area contributed by atoms with Gasteiger partial charge in [-0.2, -0.15) is 0 Å². The summed E-state index contributed by atoms with van der Waals surface area (Å²) in [6, 6.07) is 10.3. The predicted molar refractivity (Wildman–Crippen MR) is 83.5 cm³/mol. The molecule has 0 saturated carbocycles. The third-order valence-electron chi connectivity index (χ3n) is 3.43. The van der Waals surface area contributed by atoms with E-state index in [0.29, 0.717) is 18.1 Å². The second kappa shape index (κ2) is 7.50. The van der Waals surface area contributed by atoms with Crippen LogP contribution in [0.5, 0.6) is 0 Å². The number of hydrogen-bond acceptors (Lipinski definition) is 3. The van der Waals surface area contributed by atoms with E-state index >= 15 is 0 Å². The zero-order chi connectivity index (χ0) is 15.2. The summed E-state index contributed by atoms with van der Waals surface area (Å²) in [7, 11) is 0. The van der Waals surface area contributed by atoms with E-state index in [1.807, 2.05) is 25.1 Å². The molecule has 1 aromatic carbocycles. The summed E-state index contributed by atoms with van der Waals surface area (Å²) >= 11 is 5.95. The monoisotopic (exact) mass is 307 g/mol. The van der Waals surface area contributed by atoms with E-state index in [4.69, 9.17) is 17.3 Å². The van der Waals surface area contributed by atoms with E-state index in [2.05, 4.69) is 9.88 Å². The highest BCUT2D eigenvalue weighted by Gasteiger charge is 2.19. The van der Waals surface area contributed by atoms with Gasteiger partial charge in [0, 0.05) is 30.4 Å². The molecule has 112 valence electrons. The number of aromatic nitrogens is 1. The highest BCUT2D eigenvalue weighted by molar-refractivity contribution is 6.30. The minimum atomic E-state index is -0.343. The maximum atomic E-state index is 13.6. The standard InChI is InChI=1S/C16H19ClFN3/c1-2-21(11-15-5-3-4-6-20-15)16(10-19)12-7-13(17)9-14(18)8-12/h3-9,16H,2,10-11,19H2,1H3. The molecule has 1 atom stereocenters. The second-order valence-corrected chi connectivity index (χ2v) is 5.27. The Morgan fingerprint density at radius 1 is 1.33 bits per heavy atom. The minimum absolute atomic E-state index is 0.0924. The maximum absolute atomic E-state index is 13.6. The Morgan fingerprint density at radius 3 is 2.71 bits per heavy atom. The third kappa shape index (κ3) is 4.24. The SMILES string of the molecule is CCN(Cc1ccccn1)C(CN)c1cc(F)cc(Cl)c1. The van der Waals surface area contributed by atoms with Crippen LogP contribution in [0.2, 0.25) is 5.02 Å². The Hall–Kier alpha value is -1.49. The third-order valence-corrected chi connectivity index (χ3v) is 3.65. The largest absolute Gasteiger partial charge is 0.329 e. The molecule has 0 fully saturated rings. The maximum Gasteiger partial charge on any atom is 0.125 e. The van der Waals surface area contributed by atoms with Gasteiger partial charge < -0.3 is 5.73 Å². The van der Waals surface area contributed by atoms with Gasteiger partial charge in [-0.1, -0.05) is 24.6 Å². The molecule has 0 radical (unpaired) electrons. The molecule has 5 heteroatoms. The summed E-state index contributed by atoms with van der Waals surface area (Å²) in [5, 5.41) is 0.386. The fourth-order valence-corrected chi connectivity index (χ4v) is 2.64. The normalized spacial score (nSPS) is 12.6. The first kappa shape index (κ1) is 15.9. The molecule has 0 bridgehead atoms. The van der Waals surface area contributed by atoms with Crippen molar-refractivity contribution in [3.63, 3.8) is 0 Å². The number of halogens is 2. The Balaban J connectivity index is 2.24. The van der Waals surface area contributed by atoms with Crippen molar-refractivity contribution in [2.24, 2.45) is 5.73 Å². The predicted octanol–water partition coefficient (Wildman–Crippen LogP) is 3.40. The van der Waals surface area contributed by atoms with E-state index in [-0.39, 0.29) is 11.9 Å². The van der Waals surface area contributed by atoms with Gasteiger partial charge in [-0.05, 0) is 42.4 Å². The Bertz CT molecular complexity index is 557. The van der Waals surface area contributed by atoms with Crippen molar-refractivity contribution in [2.45, 2.75) is 19.5 Å². The Morgan fingerprint density at radius 2 is 2.14 bits per heavy atom. The van der Waals surface area contributed by atoms with Crippen molar-refractivity contribution in [1.82, 2.24) is 9.88 Å². The minimum Gasteiger partial charge on any atom is -0.329 e. The van der Waals surface area contributed by atoms with Crippen LogP contribution in [-0.2, 0) is 6.54 Å². The van der Waals surface area contributed by atoms with Gasteiger partial charge >= 0.3 is 0 Å². The van der Waals surface area contributed by atoms with Gasteiger partial charge in [0.1, 0.15) is 5.82 Å². The zero-order valence-corrected chi connectivity index (χ0v) is 12.7. The number of pyridine rings is 1. The van der Waals surface area contributed by atoms with E-state index < -0.39 is 0 Å². The molecule has 0 spiro atoms. The van der Waals surface area contributed by atoms with E-state index in [1.54, 1.807) is 12.3 Å². The molecule has 1 heterocycles. The van der Waals surface area contributed by atoms with Crippen molar-refractivity contribution in [3.8, 4) is 0 Å². The van der Waals surface area contributed by atoms with Crippen LogP contribution in [0.15, 0.2) is 42.6 Å². The Labute approximate surface area is 129 Å². The molecule has 2 N–H and O–H groups in total. The second-order valence-electron chi connectivity index (χ2n) is 4.84. The van der Waals surface area contributed by atoms with Crippen LogP contribution >= 0.6 is 11.6 Å². The van der Waals surface area contributed by atoms with Gasteiger partial charge in [-0.3, -0.25) is 9.88 Å². The van der Waals surface area contributed by atoms with E-state index in [0.717, 1.165) is 17.8 Å². The zero-order valence-electron chi connectivity index (χ0n) is 12.0. The number of hydrogen-bond donors (Lipinski definition) is 1. The number of nitrogens with two attached hydrogens (primary N) is 1. The van der Waals surface area contributed by atoms with Crippen LogP contribution in [0.1, 0.15) is 24.2 Å². The van der Waals surface area contributed by atoms with Gasteiger partial charge in [-0.25, -0.2) is 4.39 Å². The summed E-state index contributed by atoms with van der Waals surface area (Å²) in [4.78, 5) is 6.49. The molecule has 1 unspecified atom stereocenters. The number of benzene rings is 1. The summed E-state index contributed by atoms with van der Waals surface area (Å²) in [6.07, 6.45) is 1.76. The van der Waals surface area contributed by atoms with Crippen LogP contribution < -0.4 is 5.73 Å². The number of nitrogens with zero attached hydrogens (tertiary/aromatic N) is 2. The van der Waals surface area contributed by atoms with Crippen molar-refractivity contribution >= 4 is 11.6 Å². The molecule has 2 aromatic rings. The quantitative estimate of drug-likeness (QED) is 0.889. The van der Waals surface area contributed by atoms with Crippen molar-refractivity contribution in [2.75, 3.05) is 13.1 Å².